The second-order valence-corrected chi connectivity index (χ2v) is 14.3. The molecule has 4 N–H and O–H groups in total. The van der Waals surface area contributed by atoms with Crippen LogP contribution in [0.4, 0.5) is 5.69 Å². The lowest BCUT2D eigenvalue weighted by Crippen LogP contribution is -2.48. The van der Waals surface area contributed by atoms with Crippen molar-refractivity contribution in [2.45, 2.75) is 63.1 Å². The van der Waals surface area contributed by atoms with Gasteiger partial charge in [-0.1, -0.05) is 12.1 Å². The predicted molar refractivity (Wildman–Crippen MR) is 201 cm³/mol. The first-order valence-electron chi connectivity index (χ1n) is 18.4. The number of ether oxygens (including phenoxy) is 2. The number of aromatic amines is 1. The third kappa shape index (κ3) is 7.93. The van der Waals surface area contributed by atoms with Crippen LogP contribution in [0.5, 0.6) is 11.5 Å². The van der Waals surface area contributed by atoms with Crippen molar-refractivity contribution in [3.63, 3.8) is 0 Å². The zero-order chi connectivity index (χ0) is 37.1. The molecule has 0 saturated carbocycles. The zero-order valence-corrected chi connectivity index (χ0v) is 30.6. The normalized spacial score (nSPS) is 19.0. The van der Waals surface area contributed by atoms with Crippen LogP contribution in [0.25, 0.3) is 22.0 Å². The lowest BCUT2D eigenvalue weighted by molar-refractivity contribution is -0.134. The highest BCUT2D eigenvalue weighted by atomic mass is 16.5. The van der Waals surface area contributed by atoms with Crippen molar-refractivity contribution in [1.82, 2.24) is 35.2 Å². The van der Waals surface area contributed by atoms with Gasteiger partial charge in [-0.25, -0.2) is 0 Å². The average Bonchev–Trinajstić information content (AvgIpc) is 3.68. The second-order valence-electron chi connectivity index (χ2n) is 14.3. The van der Waals surface area contributed by atoms with Gasteiger partial charge in [-0.15, -0.1) is 0 Å². The van der Waals surface area contributed by atoms with Gasteiger partial charge in [-0.05, 0) is 73.4 Å². The Hall–Kier alpha value is -5.21. The van der Waals surface area contributed by atoms with Crippen LogP contribution in [0, 0.1) is 0 Å². The molecule has 3 fully saturated rings. The molecular formula is C39H48N8O6. The van der Waals surface area contributed by atoms with Crippen molar-refractivity contribution in [3.05, 3.63) is 70.3 Å². The van der Waals surface area contributed by atoms with Gasteiger partial charge in [-0.3, -0.25) is 34.5 Å². The predicted octanol–water partition coefficient (Wildman–Crippen LogP) is 3.12. The fourth-order valence-corrected chi connectivity index (χ4v) is 7.87. The fourth-order valence-electron chi connectivity index (χ4n) is 7.87. The number of nitrogens with zero attached hydrogens (tertiary/aromatic N) is 4. The summed E-state index contributed by atoms with van der Waals surface area (Å²) < 4.78 is 13.2. The van der Waals surface area contributed by atoms with Crippen LogP contribution in [-0.2, 0) is 28.0 Å². The molecular weight excluding hydrogens is 676 g/mol. The van der Waals surface area contributed by atoms with E-state index in [0.717, 1.165) is 79.6 Å². The summed E-state index contributed by atoms with van der Waals surface area (Å²) in [7, 11) is 5.02. The number of fused-ring (bicyclic) bond motifs is 1. The zero-order valence-electron chi connectivity index (χ0n) is 30.6. The first kappa shape index (κ1) is 36.2. The number of carbonyl (C=O) groups excluding carboxylic acids is 3. The number of methoxy groups -OCH3 is 2. The van der Waals surface area contributed by atoms with Crippen molar-refractivity contribution in [1.29, 1.82) is 0 Å². The molecule has 0 aliphatic carbocycles. The Morgan fingerprint density at radius 2 is 1.64 bits per heavy atom. The Morgan fingerprint density at radius 1 is 0.943 bits per heavy atom. The number of H-pyrrole nitrogens is 1. The largest absolute Gasteiger partial charge is 0.496 e. The minimum absolute atomic E-state index is 0.139. The second kappa shape index (κ2) is 15.8. The topological polar surface area (TPSA) is 163 Å². The summed E-state index contributed by atoms with van der Waals surface area (Å²) in [6.07, 6.45) is 8.02. The lowest BCUT2D eigenvalue weighted by atomic mass is 9.89. The molecule has 14 heteroatoms. The molecule has 2 aromatic heterocycles. The van der Waals surface area contributed by atoms with E-state index in [0.29, 0.717) is 54.9 Å². The number of amides is 3. The molecule has 1 atom stereocenters. The lowest BCUT2D eigenvalue weighted by Gasteiger charge is -2.36. The molecule has 7 rings (SSSR count). The van der Waals surface area contributed by atoms with Crippen LogP contribution < -0.4 is 31.0 Å². The number of imide groups is 1. The van der Waals surface area contributed by atoms with E-state index in [-0.39, 0.29) is 23.3 Å². The summed E-state index contributed by atoms with van der Waals surface area (Å²) in [4.78, 5) is 53.7. The summed E-state index contributed by atoms with van der Waals surface area (Å²) in [6.45, 7) is 4.19. The summed E-state index contributed by atoms with van der Waals surface area (Å²) in [5.41, 5.74) is 5.06. The number of carbonyl (C=O) groups is 3. The fraction of sp³-hybridized carbons (Fsp3) is 0.462. The number of hydrogen-bond donors (Lipinski definition) is 4. The molecule has 3 aliphatic heterocycles. The first-order valence-corrected chi connectivity index (χ1v) is 18.4. The van der Waals surface area contributed by atoms with E-state index in [1.165, 1.54) is 5.56 Å². The van der Waals surface area contributed by atoms with E-state index in [1.54, 1.807) is 38.2 Å². The van der Waals surface area contributed by atoms with Crippen LogP contribution >= 0.6 is 0 Å². The molecule has 3 saturated heterocycles. The van der Waals surface area contributed by atoms with Crippen molar-refractivity contribution in [2.24, 2.45) is 7.05 Å². The number of likely N-dealkylation sites (tertiary alicyclic amines) is 2. The summed E-state index contributed by atoms with van der Waals surface area (Å²) in [6, 6.07) is 12.0. The maximum Gasteiger partial charge on any atom is 0.276 e. The number of rotatable bonds is 11. The number of pyridine rings is 1. The van der Waals surface area contributed by atoms with Crippen LogP contribution in [0.3, 0.4) is 0 Å². The molecule has 0 bridgehead atoms. The van der Waals surface area contributed by atoms with Crippen molar-refractivity contribution in [2.75, 3.05) is 52.3 Å². The molecule has 2 aromatic carbocycles. The van der Waals surface area contributed by atoms with Crippen LogP contribution in [0.15, 0.2) is 53.6 Å². The molecule has 0 radical (unpaired) electrons. The number of anilines is 1. The third-order valence-electron chi connectivity index (χ3n) is 11.0. The molecule has 53 heavy (non-hydrogen) atoms. The monoisotopic (exact) mass is 724 g/mol. The maximum absolute atomic E-state index is 13.3. The molecule has 3 aliphatic rings. The molecule has 14 nitrogen and oxygen atoms in total. The molecule has 4 aromatic rings. The van der Waals surface area contributed by atoms with Gasteiger partial charge in [0.1, 0.15) is 23.1 Å². The Balaban J connectivity index is 0.872. The van der Waals surface area contributed by atoms with Gasteiger partial charge >= 0.3 is 0 Å². The SMILES string of the molecule is COc1cc(-c2cn(C)c(=O)c3[nH]ncc23)cc(OC)c1CNC1CCN(CC(=O)N2CCC(c3ccc(NC4CCC(=O)NC4=O)cc3)CC2)CC1. The van der Waals surface area contributed by atoms with E-state index >= 15 is 0 Å². The number of nitrogens with one attached hydrogen (secondary N) is 4. The Kier molecular flexibility index (Phi) is 10.8. The number of hydrogen-bond acceptors (Lipinski definition) is 10. The van der Waals surface area contributed by atoms with Gasteiger partial charge in [0.2, 0.25) is 17.7 Å². The minimum Gasteiger partial charge on any atom is -0.496 e. The number of aromatic nitrogens is 3. The first-order chi connectivity index (χ1) is 25.7. The van der Waals surface area contributed by atoms with Gasteiger partial charge in [-0.2, -0.15) is 5.10 Å². The molecule has 280 valence electrons. The van der Waals surface area contributed by atoms with Gasteiger partial charge in [0.15, 0.2) is 0 Å². The number of aryl methyl sites for hydroxylation is 1. The van der Waals surface area contributed by atoms with E-state index in [9.17, 15) is 19.2 Å². The number of benzene rings is 2. The van der Waals surface area contributed by atoms with Crippen LogP contribution in [-0.4, -0.2) is 101 Å². The highest BCUT2D eigenvalue weighted by Gasteiger charge is 2.29. The Morgan fingerprint density at radius 3 is 2.30 bits per heavy atom. The average molecular weight is 725 g/mol. The van der Waals surface area contributed by atoms with Crippen molar-refractivity contribution < 1.29 is 23.9 Å². The minimum atomic E-state index is -0.400. The third-order valence-corrected chi connectivity index (χ3v) is 11.0. The van der Waals surface area contributed by atoms with E-state index in [4.69, 9.17) is 9.47 Å². The Labute approximate surface area is 308 Å². The van der Waals surface area contributed by atoms with E-state index in [1.807, 2.05) is 29.2 Å². The van der Waals surface area contributed by atoms with Gasteiger partial charge in [0.25, 0.3) is 5.56 Å². The highest BCUT2D eigenvalue weighted by molar-refractivity contribution is 6.01. The van der Waals surface area contributed by atoms with Gasteiger partial charge in [0, 0.05) is 80.6 Å². The standard InChI is InChI=1S/C39H48N8O6/c1-45-22-31(29-21-41-44-37(29)39(45)51)26-18-33(52-2)30(34(19-26)53-3)20-40-27-12-14-46(15-13-27)23-36(49)47-16-10-25(11-17-47)24-4-6-28(7-5-24)42-32-8-9-35(48)43-38(32)50/h4-7,18-19,21-22,25,27,32,40,42H,8-17,20,23H2,1-3H3,(H,41,44)(H,43,48,50). The van der Waals surface area contributed by atoms with Crippen molar-refractivity contribution >= 4 is 34.3 Å². The van der Waals surface area contributed by atoms with Gasteiger partial charge in [0.05, 0.1) is 27.0 Å². The van der Waals surface area contributed by atoms with Crippen LogP contribution in [0.2, 0.25) is 0 Å². The summed E-state index contributed by atoms with van der Waals surface area (Å²) in [5.74, 6) is 1.48. The highest BCUT2D eigenvalue weighted by Crippen LogP contribution is 2.37. The van der Waals surface area contributed by atoms with Crippen LogP contribution in [0.1, 0.15) is 55.6 Å². The summed E-state index contributed by atoms with van der Waals surface area (Å²) >= 11 is 0. The smallest absolute Gasteiger partial charge is 0.276 e. The molecule has 3 amide bonds. The summed E-state index contributed by atoms with van der Waals surface area (Å²) in [5, 5.41) is 17.0. The maximum atomic E-state index is 13.3. The molecule has 0 spiro atoms. The van der Waals surface area contributed by atoms with Crippen molar-refractivity contribution in [3.8, 4) is 22.6 Å². The number of piperidine rings is 3. The van der Waals surface area contributed by atoms with E-state index < -0.39 is 6.04 Å². The van der Waals surface area contributed by atoms with E-state index in [2.05, 4.69) is 43.2 Å². The molecule has 5 heterocycles. The molecule has 1 unspecified atom stereocenters. The van der Waals surface area contributed by atoms with Gasteiger partial charge < -0.3 is 29.6 Å². The Bertz CT molecular complexity index is 2000. The quantitative estimate of drug-likeness (QED) is 0.169.